The van der Waals surface area contributed by atoms with E-state index in [1.807, 2.05) is 12.1 Å². The number of likely N-dealkylation sites (tertiary alicyclic amines) is 1. The molecule has 0 bridgehead atoms. The lowest BCUT2D eigenvalue weighted by Crippen LogP contribution is -2.36. The Labute approximate surface area is 111 Å². The molecule has 1 aromatic carbocycles. The standard InChI is InChI=1S/C14H18N2OS/c1-9-8-10(6-7-16(9)2)14-15-11-4-3-5-12(17)13(11)18-14/h3-5,9-10,17H,6-8H2,1-2H3. The predicted octanol–water partition coefficient (Wildman–Crippen LogP) is 3.20. The number of phenols is 1. The molecule has 4 heteroatoms. The molecule has 1 aliphatic rings. The van der Waals surface area contributed by atoms with E-state index in [1.54, 1.807) is 17.4 Å². The molecule has 0 aliphatic carbocycles. The molecular weight excluding hydrogens is 244 g/mol. The summed E-state index contributed by atoms with van der Waals surface area (Å²) in [6.07, 6.45) is 2.33. The molecule has 2 atom stereocenters. The van der Waals surface area contributed by atoms with Gasteiger partial charge < -0.3 is 10.0 Å². The van der Waals surface area contributed by atoms with Gasteiger partial charge in [0.05, 0.1) is 15.2 Å². The number of aromatic hydroxyl groups is 1. The van der Waals surface area contributed by atoms with Crippen molar-refractivity contribution in [2.24, 2.45) is 0 Å². The van der Waals surface area contributed by atoms with Crippen molar-refractivity contribution in [1.29, 1.82) is 0 Å². The molecule has 3 nitrogen and oxygen atoms in total. The minimum absolute atomic E-state index is 0.359. The minimum Gasteiger partial charge on any atom is -0.506 e. The van der Waals surface area contributed by atoms with Gasteiger partial charge in [0.2, 0.25) is 0 Å². The fourth-order valence-corrected chi connectivity index (χ4v) is 3.76. The highest BCUT2D eigenvalue weighted by atomic mass is 32.1. The second-order valence-corrected chi connectivity index (χ2v) is 6.26. The molecule has 96 valence electrons. The zero-order chi connectivity index (χ0) is 12.7. The quantitative estimate of drug-likeness (QED) is 0.857. The highest BCUT2D eigenvalue weighted by molar-refractivity contribution is 7.19. The molecule has 0 saturated carbocycles. The third-order valence-electron chi connectivity index (χ3n) is 3.97. The summed E-state index contributed by atoms with van der Waals surface area (Å²) >= 11 is 1.65. The zero-order valence-electron chi connectivity index (χ0n) is 10.8. The maximum Gasteiger partial charge on any atom is 0.135 e. The first-order chi connectivity index (χ1) is 8.65. The number of piperidine rings is 1. The van der Waals surface area contributed by atoms with Crippen LogP contribution >= 0.6 is 11.3 Å². The van der Waals surface area contributed by atoms with Crippen molar-refractivity contribution in [2.45, 2.75) is 31.7 Å². The fraction of sp³-hybridized carbons (Fsp3) is 0.500. The lowest BCUT2D eigenvalue weighted by Gasteiger charge is -2.34. The number of benzene rings is 1. The van der Waals surface area contributed by atoms with E-state index < -0.39 is 0 Å². The van der Waals surface area contributed by atoms with Gasteiger partial charge in [0.15, 0.2) is 0 Å². The van der Waals surface area contributed by atoms with E-state index in [0.717, 1.165) is 23.2 Å². The molecule has 1 aliphatic heterocycles. The van der Waals surface area contributed by atoms with Gasteiger partial charge in [-0.2, -0.15) is 0 Å². The number of fused-ring (bicyclic) bond motifs is 1. The third kappa shape index (κ3) is 1.99. The van der Waals surface area contributed by atoms with Crippen molar-refractivity contribution in [2.75, 3.05) is 13.6 Å². The third-order valence-corrected chi connectivity index (χ3v) is 5.22. The van der Waals surface area contributed by atoms with Gasteiger partial charge in [-0.05, 0) is 45.5 Å². The van der Waals surface area contributed by atoms with Crippen LogP contribution in [-0.2, 0) is 0 Å². The zero-order valence-corrected chi connectivity index (χ0v) is 11.6. The van der Waals surface area contributed by atoms with Gasteiger partial charge in [-0.15, -0.1) is 11.3 Å². The first-order valence-corrected chi connectivity index (χ1v) is 7.25. The largest absolute Gasteiger partial charge is 0.506 e. The molecule has 18 heavy (non-hydrogen) atoms. The van der Waals surface area contributed by atoms with Gasteiger partial charge in [-0.3, -0.25) is 0 Å². The van der Waals surface area contributed by atoms with E-state index in [1.165, 1.54) is 11.4 Å². The normalized spacial score (nSPS) is 25.7. The topological polar surface area (TPSA) is 36.4 Å². The molecule has 0 spiro atoms. The molecular formula is C14H18N2OS. The van der Waals surface area contributed by atoms with Crippen LogP contribution < -0.4 is 0 Å². The number of rotatable bonds is 1. The smallest absolute Gasteiger partial charge is 0.135 e. The van der Waals surface area contributed by atoms with Crippen molar-refractivity contribution in [1.82, 2.24) is 9.88 Å². The van der Waals surface area contributed by atoms with Crippen molar-refractivity contribution in [3.63, 3.8) is 0 Å². The summed E-state index contributed by atoms with van der Waals surface area (Å²) in [5, 5.41) is 11.0. The van der Waals surface area contributed by atoms with Crippen molar-refractivity contribution in [3.05, 3.63) is 23.2 Å². The molecule has 1 N–H and O–H groups in total. The molecule has 1 aromatic heterocycles. The predicted molar refractivity (Wildman–Crippen MR) is 75.4 cm³/mol. The van der Waals surface area contributed by atoms with Gasteiger partial charge in [0.25, 0.3) is 0 Å². The lowest BCUT2D eigenvalue weighted by molar-refractivity contribution is 0.182. The molecule has 0 amide bonds. The Hall–Kier alpha value is -1.13. The van der Waals surface area contributed by atoms with Crippen LogP contribution in [0.5, 0.6) is 5.75 Å². The van der Waals surface area contributed by atoms with Gasteiger partial charge >= 0.3 is 0 Å². The van der Waals surface area contributed by atoms with E-state index in [9.17, 15) is 5.11 Å². The number of hydrogen-bond acceptors (Lipinski definition) is 4. The maximum absolute atomic E-state index is 9.84. The fourth-order valence-electron chi connectivity index (χ4n) is 2.64. The average Bonchev–Trinajstić information content (AvgIpc) is 2.78. The van der Waals surface area contributed by atoms with Crippen molar-refractivity contribution >= 4 is 21.6 Å². The van der Waals surface area contributed by atoms with Crippen LogP contribution in [0.4, 0.5) is 0 Å². The first-order valence-electron chi connectivity index (χ1n) is 6.44. The number of hydrogen-bond donors (Lipinski definition) is 1. The van der Waals surface area contributed by atoms with Crippen molar-refractivity contribution < 1.29 is 5.11 Å². The summed E-state index contributed by atoms with van der Waals surface area (Å²) < 4.78 is 0.930. The van der Waals surface area contributed by atoms with E-state index in [0.29, 0.717) is 17.7 Å². The van der Waals surface area contributed by atoms with Gasteiger partial charge in [0, 0.05) is 12.0 Å². The Kier molecular flexibility index (Phi) is 2.99. The molecule has 2 heterocycles. The summed E-state index contributed by atoms with van der Waals surface area (Å²) in [6, 6.07) is 6.19. The number of thiazole rings is 1. The molecule has 1 fully saturated rings. The van der Waals surface area contributed by atoms with Crippen LogP contribution in [-0.4, -0.2) is 34.6 Å². The van der Waals surface area contributed by atoms with Crippen LogP contribution in [0.2, 0.25) is 0 Å². The first kappa shape index (κ1) is 11.9. The van der Waals surface area contributed by atoms with Gasteiger partial charge in [-0.25, -0.2) is 4.98 Å². The molecule has 0 radical (unpaired) electrons. The Bertz CT molecular complexity index is 566. The molecule has 2 aromatic rings. The van der Waals surface area contributed by atoms with E-state index in [-0.39, 0.29) is 0 Å². The highest BCUT2D eigenvalue weighted by Crippen LogP contribution is 2.38. The summed E-state index contributed by atoms with van der Waals surface area (Å²) in [5.74, 6) is 0.908. The molecule has 1 saturated heterocycles. The Morgan fingerprint density at radius 2 is 2.28 bits per heavy atom. The summed E-state index contributed by atoms with van der Waals surface area (Å²) in [7, 11) is 2.19. The van der Waals surface area contributed by atoms with E-state index >= 15 is 0 Å². The van der Waals surface area contributed by atoms with E-state index in [4.69, 9.17) is 4.98 Å². The van der Waals surface area contributed by atoms with Gasteiger partial charge in [-0.1, -0.05) is 6.07 Å². The van der Waals surface area contributed by atoms with Crippen LogP contribution in [0.15, 0.2) is 18.2 Å². The summed E-state index contributed by atoms with van der Waals surface area (Å²) in [6.45, 7) is 3.41. The van der Waals surface area contributed by atoms with Crippen LogP contribution in [0.25, 0.3) is 10.2 Å². The number of phenolic OH excluding ortho intramolecular Hbond substituents is 1. The molecule has 2 unspecified atom stereocenters. The maximum atomic E-state index is 9.84. The van der Waals surface area contributed by atoms with Gasteiger partial charge in [0.1, 0.15) is 5.75 Å². The Morgan fingerprint density at radius 1 is 1.44 bits per heavy atom. The SMILES string of the molecule is CC1CC(c2nc3cccc(O)c3s2)CCN1C. The Morgan fingerprint density at radius 3 is 3.00 bits per heavy atom. The number of nitrogens with zero attached hydrogens (tertiary/aromatic N) is 2. The van der Waals surface area contributed by atoms with Crippen LogP contribution in [0, 0.1) is 0 Å². The monoisotopic (exact) mass is 262 g/mol. The molecule has 3 rings (SSSR count). The second-order valence-electron chi connectivity index (χ2n) is 5.23. The summed E-state index contributed by atoms with van der Waals surface area (Å²) in [5.41, 5.74) is 0.932. The average molecular weight is 262 g/mol. The van der Waals surface area contributed by atoms with E-state index in [2.05, 4.69) is 18.9 Å². The lowest BCUT2D eigenvalue weighted by atomic mass is 9.93. The minimum atomic E-state index is 0.359. The second kappa shape index (κ2) is 4.52. The number of aromatic nitrogens is 1. The van der Waals surface area contributed by atoms with Crippen LogP contribution in [0.3, 0.4) is 0 Å². The highest BCUT2D eigenvalue weighted by Gasteiger charge is 2.26. The summed E-state index contributed by atoms with van der Waals surface area (Å²) in [4.78, 5) is 7.10. The Balaban J connectivity index is 1.93. The van der Waals surface area contributed by atoms with Crippen molar-refractivity contribution in [3.8, 4) is 5.75 Å². The van der Waals surface area contributed by atoms with Crippen LogP contribution in [0.1, 0.15) is 30.7 Å².